The van der Waals surface area contributed by atoms with Crippen LogP contribution in [0.5, 0.6) is 11.5 Å². The topological polar surface area (TPSA) is 18.5 Å². The Morgan fingerprint density at radius 3 is 1.17 bits per heavy atom. The van der Waals surface area contributed by atoms with E-state index in [9.17, 15) is 0 Å². The number of hydrogen-bond acceptors (Lipinski definition) is 2. The number of rotatable bonds is 6. The maximum atomic E-state index is 5.47. The van der Waals surface area contributed by atoms with Gasteiger partial charge in [0, 0.05) is 0 Å². The van der Waals surface area contributed by atoms with Crippen molar-refractivity contribution in [2.24, 2.45) is 5.92 Å². The molecule has 3 aromatic rings. The van der Waals surface area contributed by atoms with E-state index in [1.54, 1.807) is 0 Å². The van der Waals surface area contributed by atoms with E-state index in [1.165, 1.54) is 5.56 Å². The highest BCUT2D eigenvalue weighted by molar-refractivity contribution is 5.21. The molecule has 3 rings (SSSR count). The molecule has 0 heterocycles. The van der Waals surface area contributed by atoms with Gasteiger partial charge in [-0.05, 0) is 55.5 Å². The van der Waals surface area contributed by atoms with E-state index in [1.807, 2.05) is 122 Å². The van der Waals surface area contributed by atoms with Crippen LogP contribution in [-0.4, -0.2) is 12.7 Å². The van der Waals surface area contributed by atoms with Crippen molar-refractivity contribution in [1.82, 2.24) is 0 Å². The van der Waals surface area contributed by atoms with Gasteiger partial charge in [0.2, 0.25) is 0 Å². The zero-order valence-corrected chi connectivity index (χ0v) is 25.4. The molecule has 0 fully saturated rings. The van der Waals surface area contributed by atoms with Crippen LogP contribution < -0.4 is 9.47 Å². The maximum Gasteiger partial charge on any atom is 0.119 e. The minimum Gasteiger partial charge on any atom is -0.493 e. The molecule has 0 saturated heterocycles. The lowest BCUT2D eigenvalue weighted by atomic mass is 10.0. The molecule has 0 amide bonds. The zero-order valence-electron chi connectivity index (χ0n) is 25.4. The van der Waals surface area contributed by atoms with Crippen molar-refractivity contribution in [1.29, 1.82) is 0 Å². The van der Waals surface area contributed by atoms with Crippen LogP contribution in [0.4, 0.5) is 0 Å². The predicted octanol–water partition coefficient (Wildman–Crippen LogP) is 11.1. The Labute approximate surface area is 225 Å². The fourth-order valence-corrected chi connectivity index (χ4v) is 2.39. The third-order valence-electron chi connectivity index (χ3n) is 3.91. The van der Waals surface area contributed by atoms with Crippen LogP contribution in [0, 0.1) is 5.92 Å². The Bertz CT molecular complexity index is 751. The summed E-state index contributed by atoms with van der Waals surface area (Å²) in [4.78, 5) is 0. The van der Waals surface area contributed by atoms with Crippen molar-refractivity contribution < 1.29 is 9.47 Å². The lowest BCUT2D eigenvalue weighted by molar-refractivity contribution is 0.242. The standard InChI is InChI=1S/C10H14O.C9H12O.C9H12.3C2H6/c1-9(2)8-11-10-6-4-3-5-7-10;1-8(2)10-9-6-4-3-5-7-9;1-8(2)9-6-4-3-5-7-9;3*1-2/h3-7,9H,8H2,1-2H3;3-8H,1-2H3;3-8H,1-2H3;3*1-2H3. The van der Waals surface area contributed by atoms with Crippen molar-refractivity contribution in [2.75, 3.05) is 6.61 Å². The number of benzene rings is 3. The van der Waals surface area contributed by atoms with Crippen LogP contribution in [0.1, 0.15) is 94.6 Å². The largest absolute Gasteiger partial charge is 0.493 e. The van der Waals surface area contributed by atoms with Gasteiger partial charge in [0.25, 0.3) is 0 Å². The molecule has 0 aliphatic heterocycles. The van der Waals surface area contributed by atoms with Gasteiger partial charge in [-0.15, -0.1) is 0 Å². The number of ether oxygens (including phenoxy) is 2. The zero-order chi connectivity index (χ0) is 28.2. The third kappa shape index (κ3) is 24.4. The Kier molecular flexibility index (Phi) is 29.9. The van der Waals surface area contributed by atoms with Crippen molar-refractivity contribution >= 4 is 0 Å². The molecular formula is C34H56O2. The first-order valence-electron chi connectivity index (χ1n) is 13.8. The highest BCUT2D eigenvalue weighted by Crippen LogP contribution is 2.12. The lowest BCUT2D eigenvalue weighted by Gasteiger charge is -2.07. The molecule has 36 heavy (non-hydrogen) atoms. The average Bonchev–Trinajstić information content (AvgIpc) is 2.93. The molecule has 0 bridgehead atoms. The smallest absolute Gasteiger partial charge is 0.119 e. The Morgan fingerprint density at radius 1 is 0.500 bits per heavy atom. The first-order valence-corrected chi connectivity index (χ1v) is 13.8. The Morgan fingerprint density at radius 2 is 0.861 bits per heavy atom. The van der Waals surface area contributed by atoms with Gasteiger partial charge in [-0.25, -0.2) is 0 Å². The van der Waals surface area contributed by atoms with Gasteiger partial charge in [-0.3, -0.25) is 0 Å². The highest BCUT2D eigenvalue weighted by atomic mass is 16.5. The first-order chi connectivity index (χ1) is 17.4. The minimum absolute atomic E-state index is 0.266. The van der Waals surface area contributed by atoms with Crippen LogP contribution in [0.15, 0.2) is 91.0 Å². The van der Waals surface area contributed by atoms with Gasteiger partial charge in [0.05, 0.1) is 12.7 Å². The Balaban J connectivity index is -0.000000411. The molecular weight excluding hydrogens is 440 g/mol. The molecule has 0 N–H and O–H groups in total. The van der Waals surface area contributed by atoms with Crippen LogP contribution in [-0.2, 0) is 0 Å². The summed E-state index contributed by atoms with van der Waals surface area (Å²) in [5.74, 6) is 3.15. The summed E-state index contributed by atoms with van der Waals surface area (Å²) in [5.41, 5.74) is 1.41. The summed E-state index contributed by atoms with van der Waals surface area (Å²) in [5, 5.41) is 0. The molecule has 0 saturated carbocycles. The summed E-state index contributed by atoms with van der Waals surface area (Å²) in [6.07, 6.45) is 0.266. The molecule has 0 aliphatic rings. The highest BCUT2D eigenvalue weighted by Gasteiger charge is 1.95. The third-order valence-corrected chi connectivity index (χ3v) is 3.91. The van der Waals surface area contributed by atoms with Crippen LogP contribution in [0.25, 0.3) is 0 Å². The second-order valence-electron chi connectivity index (χ2n) is 8.06. The van der Waals surface area contributed by atoms with Gasteiger partial charge in [-0.2, -0.15) is 0 Å². The molecule has 0 aromatic heterocycles. The molecule has 204 valence electrons. The molecule has 3 aromatic carbocycles. The quantitative estimate of drug-likeness (QED) is 0.338. The van der Waals surface area contributed by atoms with Crippen molar-refractivity contribution in [3.8, 4) is 11.5 Å². The Hall–Kier alpha value is -2.74. The normalized spacial score (nSPS) is 8.86. The maximum absolute atomic E-state index is 5.47. The van der Waals surface area contributed by atoms with Gasteiger partial charge < -0.3 is 9.47 Å². The van der Waals surface area contributed by atoms with E-state index in [2.05, 4.69) is 52.0 Å². The van der Waals surface area contributed by atoms with Crippen LogP contribution in [0.2, 0.25) is 0 Å². The lowest BCUT2D eigenvalue weighted by Crippen LogP contribution is -2.04. The molecule has 0 spiro atoms. The fraction of sp³-hybridized carbons (Fsp3) is 0.471. The van der Waals surface area contributed by atoms with Gasteiger partial charge in [0.15, 0.2) is 0 Å². The van der Waals surface area contributed by atoms with E-state index in [4.69, 9.17) is 9.47 Å². The molecule has 0 radical (unpaired) electrons. The van der Waals surface area contributed by atoms with E-state index in [0.29, 0.717) is 11.8 Å². The molecule has 0 unspecified atom stereocenters. The van der Waals surface area contributed by atoms with Crippen molar-refractivity contribution in [3.63, 3.8) is 0 Å². The molecule has 2 heteroatoms. The number of para-hydroxylation sites is 2. The van der Waals surface area contributed by atoms with E-state index in [-0.39, 0.29) is 6.10 Å². The van der Waals surface area contributed by atoms with E-state index < -0.39 is 0 Å². The van der Waals surface area contributed by atoms with E-state index >= 15 is 0 Å². The monoisotopic (exact) mass is 496 g/mol. The van der Waals surface area contributed by atoms with Gasteiger partial charge in [0.1, 0.15) is 11.5 Å². The van der Waals surface area contributed by atoms with Crippen molar-refractivity contribution in [3.05, 3.63) is 96.6 Å². The SMILES string of the molecule is CC.CC.CC.CC(C)COc1ccccc1.CC(C)Oc1ccccc1.CC(C)c1ccccc1. The van der Waals surface area contributed by atoms with Crippen molar-refractivity contribution in [2.45, 2.75) is 95.1 Å². The van der Waals surface area contributed by atoms with Gasteiger partial charge >= 0.3 is 0 Å². The van der Waals surface area contributed by atoms with Crippen LogP contribution in [0.3, 0.4) is 0 Å². The van der Waals surface area contributed by atoms with Crippen LogP contribution >= 0.6 is 0 Å². The summed E-state index contributed by atoms with van der Waals surface area (Å²) in [7, 11) is 0. The first kappa shape index (κ1) is 37.8. The second kappa shape index (κ2) is 28.5. The summed E-state index contributed by atoms with van der Waals surface area (Å²) < 4.78 is 10.9. The summed E-state index contributed by atoms with van der Waals surface area (Å²) >= 11 is 0. The average molecular weight is 497 g/mol. The minimum atomic E-state index is 0.266. The van der Waals surface area contributed by atoms with Gasteiger partial charge in [-0.1, -0.05) is 136 Å². The predicted molar refractivity (Wildman–Crippen MR) is 164 cm³/mol. The summed E-state index contributed by atoms with van der Waals surface area (Å²) in [6.45, 7) is 25.5. The molecule has 0 atom stereocenters. The number of hydrogen-bond donors (Lipinski definition) is 0. The molecule has 2 nitrogen and oxygen atoms in total. The summed E-state index contributed by atoms with van der Waals surface area (Å²) in [6, 6.07) is 30.3. The van der Waals surface area contributed by atoms with E-state index in [0.717, 1.165) is 18.1 Å². The fourth-order valence-electron chi connectivity index (χ4n) is 2.39. The second-order valence-corrected chi connectivity index (χ2v) is 8.06. The molecule has 0 aliphatic carbocycles.